The molecule has 3 atom stereocenters. The Morgan fingerprint density at radius 2 is 1.69 bits per heavy atom. The number of sulfone groups is 1. The summed E-state index contributed by atoms with van der Waals surface area (Å²) in [7, 11) is -3.38. The van der Waals surface area contributed by atoms with Gasteiger partial charge in [0.2, 0.25) is 5.91 Å². The molecular formula is C25H42FN3O5S. The Morgan fingerprint density at radius 3 is 2.17 bits per heavy atom. The molecule has 0 bridgehead atoms. The first-order valence-corrected chi connectivity index (χ1v) is 14.0. The third-order valence-corrected chi connectivity index (χ3v) is 6.42. The van der Waals surface area contributed by atoms with Gasteiger partial charge in [-0.15, -0.1) is 0 Å². The van der Waals surface area contributed by atoms with Gasteiger partial charge in [-0.2, -0.15) is 0 Å². The van der Waals surface area contributed by atoms with Crippen LogP contribution in [0.5, 0.6) is 0 Å². The van der Waals surface area contributed by atoms with E-state index in [1.807, 2.05) is 34.6 Å². The lowest BCUT2D eigenvalue weighted by molar-refractivity contribution is -0.125. The molecule has 0 aliphatic heterocycles. The molecule has 3 N–H and O–H groups in total. The molecule has 0 radical (unpaired) electrons. The minimum absolute atomic E-state index is 0.0404. The molecule has 0 aliphatic carbocycles. The van der Waals surface area contributed by atoms with E-state index >= 15 is 0 Å². The van der Waals surface area contributed by atoms with Crippen LogP contribution in [0.15, 0.2) is 24.3 Å². The summed E-state index contributed by atoms with van der Waals surface area (Å²) in [5.41, 5.74) is 0.209. The van der Waals surface area contributed by atoms with Crippen LogP contribution >= 0.6 is 0 Å². The number of carbonyl (C=O) groups excluding carboxylic acids is 2. The van der Waals surface area contributed by atoms with Crippen molar-refractivity contribution in [2.75, 3.05) is 25.1 Å². The zero-order valence-electron chi connectivity index (χ0n) is 22.0. The van der Waals surface area contributed by atoms with E-state index in [1.165, 1.54) is 24.0 Å². The summed E-state index contributed by atoms with van der Waals surface area (Å²) in [5, 5.41) is 16.8. The van der Waals surface area contributed by atoms with Crippen LogP contribution in [-0.2, 0) is 21.1 Å². The Balaban J connectivity index is 3.12. The SMILES string of the molecule is CC(C)CCN(CC(O)[C@H](Cc1ccc(F)cc1)NC(=O)C(C)CS(C)(=O)=O)C(=O)NC(C)(C)C. The summed E-state index contributed by atoms with van der Waals surface area (Å²) in [6, 6.07) is 4.55. The second-order valence-electron chi connectivity index (χ2n) is 10.8. The van der Waals surface area contributed by atoms with E-state index in [0.717, 1.165) is 12.7 Å². The first kappa shape index (κ1) is 30.8. The fourth-order valence-electron chi connectivity index (χ4n) is 3.46. The Bertz CT molecular complexity index is 929. The first-order valence-electron chi connectivity index (χ1n) is 11.9. The molecule has 0 saturated heterocycles. The molecular weight excluding hydrogens is 473 g/mol. The summed E-state index contributed by atoms with van der Waals surface area (Å²) in [5.74, 6) is -1.74. The van der Waals surface area contributed by atoms with Crippen molar-refractivity contribution in [1.29, 1.82) is 0 Å². The lowest BCUT2D eigenvalue weighted by Gasteiger charge is -2.33. The molecule has 2 unspecified atom stereocenters. The number of hydrogen-bond acceptors (Lipinski definition) is 5. The summed E-state index contributed by atoms with van der Waals surface area (Å²) in [6.45, 7) is 11.5. The van der Waals surface area contributed by atoms with Gasteiger partial charge in [-0.3, -0.25) is 4.79 Å². The van der Waals surface area contributed by atoms with Gasteiger partial charge in [-0.05, 0) is 57.2 Å². The van der Waals surface area contributed by atoms with Crippen LogP contribution in [0, 0.1) is 17.7 Å². The molecule has 0 saturated carbocycles. The average molecular weight is 516 g/mol. The monoisotopic (exact) mass is 515 g/mol. The smallest absolute Gasteiger partial charge is 0.317 e. The summed E-state index contributed by atoms with van der Waals surface area (Å²) in [4.78, 5) is 27.2. The van der Waals surface area contributed by atoms with E-state index in [9.17, 15) is 27.5 Å². The second-order valence-corrected chi connectivity index (χ2v) is 13.0. The second kappa shape index (κ2) is 13.2. The molecule has 0 aromatic heterocycles. The van der Waals surface area contributed by atoms with Crippen molar-refractivity contribution < 1.29 is 27.5 Å². The maximum Gasteiger partial charge on any atom is 0.317 e. The quantitative estimate of drug-likeness (QED) is 0.396. The van der Waals surface area contributed by atoms with Crippen LogP contribution in [0.25, 0.3) is 0 Å². The third-order valence-electron chi connectivity index (χ3n) is 5.31. The van der Waals surface area contributed by atoms with Crippen LogP contribution in [0.4, 0.5) is 9.18 Å². The van der Waals surface area contributed by atoms with E-state index in [0.29, 0.717) is 18.0 Å². The molecule has 1 aromatic carbocycles. The van der Waals surface area contributed by atoms with Crippen molar-refractivity contribution in [3.63, 3.8) is 0 Å². The molecule has 0 heterocycles. The lowest BCUT2D eigenvalue weighted by Crippen LogP contribution is -2.55. The highest BCUT2D eigenvalue weighted by Crippen LogP contribution is 2.13. The van der Waals surface area contributed by atoms with Crippen molar-refractivity contribution in [2.24, 2.45) is 11.8 Å². The molecule has 10 heteroatoms. The number of aliphatic hydroxyl groups excluding tert-OH is 1. The van der Waals surface area contributed by atoms with Crippen LogP contribution in [0.1, 0.15) is 53.5 Å². The van der Waals surface area contributed by atoms with Gasteiger partial charge >= 0.3 is 6.03 Å². The largest absolute Gasteiger partial charge is 0.389 e. The number of nitrogens with zero attached hydrogens (tertiary/aromatic N) is 1. The van der Waals surface area contributed by atoms with E-state index < -0.39 is 45.2 Å². The normalized spacial score (nSPS) is 14.8. The Kier molecular flexibility index (Phi) is 11.6. The van der Waals surface area contributed by atoms with Crippen molar-refractivity contribution in [2.45, 2.75) is 72.1 Å². The molecule has 1 rings (SSSR count). The summed E-state index contributed by atoms with van der Waals surface area (Å²) >= 11 is 0. The number of rotatable bonds is 12. The van der Waals surface area contributed by atoms with Crippen LogP contribution in [0.2, 0.25) is 0 Å². The Hall–Kier alpha value is -2.20. The number of nitrogens with one attached hydrogen (secondary N) is 2. The predicted molar refractivity (Wildman–Crippen MR) is 136 cm³/mol. The number of urea groups is 1. The fourth-order valence-corrected chi connectivity index (χ4v) is 4.51. The molecule has 200 valence electrons. The van der Waals surface area contributed by atoms with Crippen molar-refractivity contribution >= 4 is 21.8 Å². The minimum Gasteiger partial charge on any atom is -0.389 e. The van der Waals surface area contributed by atoms with E-state index in [1.54, 1.807) is 12.1 Å². The molecule has 35 heavy (non-hydrogen) atoms. The topological polar surface area (TPSA) is 116 Å². The van der Waals surface area contributed by atoms with Crippen molar-refractivity contribution in [1.82, 2.24) is 15.5 Å². The predicted octanol–water partition coefficient (Wildman–Crippen LogP) is 2.75. The maximum atomic E-state index is 13.4. The van der Waals surface area contributed by atoms with Crippen LogP contribution in [-0.4, -0.2) is 73.1 Å². The van der Waals surface area contributed by atoms with Gasteiger partial charge in [0.25, 0.3) is 0 Å². The Labute approximate surface area is 209 Å². The van der Waals surface area contributed by atoms with E-state index in [2.05, 4.69) is 10.6 Å². The molecule has 8 nitrogen and oxygen atoms in total. The molecule has 0 aliphatic rings. The van der Waals surface area contributed by atoms with E-state index in [-0.39, 0.29) is 24.7 Å². The molecule has 0 fully saturated rings. The van der Waals surface area contributed by atoms with Gasteiger partial charge in [-0.25, -0.2) is 17.6 Å². The van der Waals surface area contributed by atoms with Gasteiger partial charge in [0.05, 0.1) is 24.4 Å². The van der Waals surface area contributed by atoms with Gasteiger partial charge < -0.3 is 20.6 Å². The van der Waals surface area contributed by atoms with Crippen LogP contribution in [0.3, 0.4) is 0 Å². The maximum absolute atomic E-state index is 13.4. The summed E-state index contributed by atoms with van der Waals surface area (Å²) in [6.07, 6.45) is 0.817. The zero-order chi connectivity index (χ0) is 27.0. The van der Waals surface area contributed by atoms with Gasteiger partial charge in [0.15, 0.2) is 0 Å². The van der Waals surface area contributed by atoms with Gasteiger partial charge in [0, 0.05) is 24.3 Å². The fraction of sp³-hybridized carbons (Fsp3) is 0.680. The summed E-state index contributed by atoms with van der Waals surface area (Å²) < 4.78 is 36.6. The highest BCUT2D eigenvalue weighted by molar-refractivity contribution is 7.90. The van der Waals surface area contributed by atoms with Gasteiger partial charge in [0.1, 0.15) is 15.7 Å². The van der Waals surface area contributed by atoms with Gasteiger partial charge in [-0.1, -0.05) is 32.9 Å². The number of amides is 3. The standard InChI is InChI=1S/C25H42FN3O5S/c1-17(2)12-13-29(24(32)28-25(4,5)6)15-22(30)21(14-19-8-10-20(26)11-9-19)27-23(31)18(3)16-35(7,33)34/h8-11,17-18,21-22,30H,12-16H2,1-7H3,(H,27,31)(H,28,32)/t18?,21-,22?/m0/s1. The minimum atomic E-state index is -3.38. The highest BCUT2D eigenvalue weighted by atomic mass is 32.2. The van der Waals surface area contributed by atoms with E-state index in [4.69, 9.17) is 0 Å². The number of carbonyl (C=O) groups is 2. The number of aliphatic hydroxyl groups is 1. The van der Waals surface area contributed by atoms with Crippen molar-refractivity contribution in [3.8, 4) is 0 Å². The molecule has 1 aromatic rings. The molecule has 0 spiro atoms. The first-order chi connectivity index (χ1) is 16.0. The average Bonchev–Trinajstić information content (AvgIpc) is 2.69. The zero-order valence-corrected chi connectivity index (χ0v) is 22.8. The number of halogens is 1. The van der Waals surface area contributed by atoms with Crippen molar-refractivity contribution in [3.05, 3.63) is 35.6 Å². The van der Waals surface area contributed by atoms with Crippen LogP contribution < -0.4 is 10.6 Å². The lowest BCUT2D eigenvalue weighted by atomic mass is 9.99. The number of benzene rings is 1. The third kappa shape index (κ3) is 12.9. The molecule has 3 amide bonds. The Morgan fingerprint density at radius 1 is 1.11 bits per heavy atom. The highest BCUT2D eigenvalue weighted by Gasteiger charge is 2.29. The number of hydrogen-bond donors (Lipinski definition) is 3.